The lowest BCUT2D eigenvalue weighted by Gasteiger charge is -2.07. The van der Waals surface area contributed by atoms with E-state index in [9.17, 15) is 9.59 Å². The summed E-state index contributed by atoms with van der Waals surface area (Å²) in [5, 5.41) is 7.35. The average Bonchev–Trinajstić information content (AvgIpc) is 2.56. The second-order valence-corrected chi connectivity index (χ2v) is 5.70. The van der Waals surface area contributed by atoms with E-state index in [0.717, 1.165) is 0 Å². The van der Waals surface area contributed by atoms with E-state index < -0.39 is 5.91 Å². The van der Waals surface area contributed by atoms with Crippen molar-refractivity contribution in [2.24, 2.45) is 5.10 Å². The van der Waals surface area contributed by atoms with E-state index in [4.69, 9.17) is 23.2 Å². The number of rotatable bonds is 5. The minimum Gasteiger partial charge on any atom is -0.324 e. The van der Waals surface area contributed by atoms with Crippen molar-refractivity contribution in [2.45, 2.75) is 13.3 Å². The van der Waals surface area contributed by atoms with Crippen molar-refractivity contribution in [2.75, 3.05) is 5.32 Å². The highest BCUT2D eigenvalue weighted by atomic mass is 35.5. The lowest BCUT2D eigenvalue weighted by atomic mass is 10.2. The zero-order valence-corrected chi connectivity index (χ0v) is 14.2. The molecule has 0 unspecified atom stereocenters. The molecule has 6 nitrogen and oxygen atoms in total. The fourth-order valence-electron chi connectivity index (χ4n) is 1.76. The van der Waals surface area contributed by atoms with Crippen molar-refractivity contribution in [3.05, 3.63) is 58.3 Å². The maximum Gasteiger partial charge on any atom is 0.289 e. The predicted molar refractivity (Wildman–Crippen MR) is 94.5 cm³/mol. The van der Waals surface area contributed by atoms with E-state index in [-0.39, 0.29) is 18.0 Å². The Kier molecular flexibility index (Phi) is 6.28. The molecule has 2 amide bonds. The van der Waals surface area contributed by atoms with Gasteiger partial charge in [0.25, 0.3) is 5.91 Å². The molecule has 0 aliphatic rings. The Morgan fingerprint density at radius 1 is 1.21 bits per heavy atom. The summed E-state index contributed by atoms with van der Waals surface area (Å²) in [5.41, 5.74) is 3.48. The molecule has 0 saturated heterocycles. The first-order valence-electron chi connectivity index (χ1n) is 6.95. The molecule has 124 valence electrons. The van der Waals surface area contributed by atoms with Gasteiger partial charge in [-0.15, -0.1) is 0 Å². The molecular weight excluding hydrogens is 351 g/mol. The molecule has 0 spiro atoms. The number of nitrogens with zero attached hydrogens (tertiary/aromatic N) is 2. The molecule has 0 bridgehead atoms. The summed E-state index contributed by atoms with van der Waals surface area (Å²) in [6.45, 7) is 1.63. The Balaban J connectivity index is 1.90. The first kappa shape index (κ1) is 17.9. The Morgan fingerprint density at radius 3 is 2.67 bits per heavy atom. The van der Waals surface area contributed by atoms with E-state index in [1.807, 2.05) is 0 Å². The number of hydrogen-bond donors (Lipinski definition) is 2. The number of hydrogen-bond acceptors (Lipinski definition) is 4. The number of anilines is 1. The van der Waals surface area contributed by atoms with Crippen LogP contribution in [0.3, 0.4) is 0 Å². The second kappa shape index (κ2) is 8.42. The molecule has 24 heavy (non-hydrogen) atoms. The molecule has 2 rings (SSSR count). The summed E-state index contributed by atoms with van der Waals surface area (Å²) in [5.74, 6) is -0.760. The molecule has 2 aromatic rings. The molecule has 0 saturated carbocycles. The molecule has 1 aromatic heterocycles. The number of carbonyl (C=O) groups excluding carboxylic acids is 2. The lowest BCUT2D eigenvalue weighted by molar-refractivity contribution is -0.115. The lowest BCUT2D eigenvalue weighted by Crippen LogP contribution is -2.22. The van der Waals surface area contributed by atoms with Gasteiger partial charge in [-0.1, -0.05) is 29.3 Å². The van der Waals surface area contributed by atoms with Crippen LogP contribution in [0.4, 0.5) is 5.69 Å². The third kappa shape index (κ3) is 5.33. The summed E-state index contributed by atoms with van der Waals surface area (Å²) in [4.78, 5) is 27.7. The minimum absolute atomic E-state index is 0.00144. The van der Waals surface area contributed by atoms with Gasteiger partial charge in [0, 0.05) is 16.9 Å². The smallest absolute Gasteiger partial charge is 0.289 e. The third-order valence-electron chi connectivity index (χ3n) is 2.87. The van der Waals surface area contributed by atoms with Crippen molar-refractivity contribution in [3.8, 4) is 0 Å². The molecule has 8 heteroatoms. The Bertz CT molecular complexity index is 779. The maximum atomic E-state index is 12.0. The highest BCUT2D eigenvalue weighted by Crippen LogP contribution is 2.25. The average molecular weight is 365 g/mol. The highest BCUT2D eigenvalue weighted by molar-refractivity contribution is 6.36. The maximum absolute atomic E-state index is 12.0. The topological polar surface area (TPSA) is 83.5 Å². The van der Waals surface area contributed by atoms with Crippen LogP contribution in [-0.4, -0.2) is 22.5 Å². The summed E-state index contributed by atoms with van der Waals surface area (Å²) < 4.78 is 0. The van der Waals surface area contributed by atoms with Gasteiger partial charge in [0.15, 0.2) is 0 Å². The third-order valence-corrected chi connectivity index (χ3v) is 3.42. The first-order chi connectivity index (χ1) is 11.5. The molecule has 2 N–H and O–H groups in total. The monoisotopic (exact) mass is 364 g/mol. The Hall–Kier alpha value is -2.44. The van der Waals surface area contributed by atoms with Crippen molar-refractivity contribution in [1.82, 2.24) is 10.4 Å². The van der Waals surface area contributed by atoms with Crippen LogP contribution in [0.15, 0.2) is 47.7 Å². The normalized spacial score (nSPS) is 11.0. The molecule has 1 heterocycles. The van der Waals surface area contributed by atoms with Gasteiger partial charge in [0.05, 0.1) is 17.1 Å². The van der Waals surface area contributed by atoms with Gasteiger partial charge in [0.1, 0.15) is 5.69 Å². The summed E-state index contributed by atoms with van der Waals surface area (Å²) in [6.07, 6.45) is 1.51. The van der Waals surface area contributed by atoms with Crippen molar-refractivity contribution >= 4 is 46.4 Å². The number of nitrogens with one attached hydrogen (secondary N) is 2. The quantitative estimate of drug-likeness (QED) is 0.628. The van der Waals surface area contributed by atoms with Crippen molar-refractivity contribution < 1.29 is 9.59 Å². The number of halogens is 2. The highest BCUT2D eigenvalue weighted by Gasteiger charge is 2.09. The number of aromatic nitrogens is 1. The van der Waals surface area contributed by atoms with E-state index >= 15 is 0 Å². The Labute approximate surface area is 148 Å². The van der Waals surface area contributed by atoms with Gasteiger partial charge in [0.2, 0.25) is 5.91 Å². The molecule has 0 radical (unpaired) electrons. The zero-order valence-electron chi connectivity index (χ0n) is 12.7. The molecule has 0 fully saturated rings. The zero-order chi connectivity index (χ0) is 17.5. The predicted octanol–water partition coefficient (Wildman–Crippen LogP) is 3.52. The Morgan fingerprint density at radius 2 is 2.00 bits per heavy atom. The van der Waals surface area contributed by atoms with Gasteiger partial charge in [-0.05, 0) is 37.3 Å². The van der Waals surface area contributed by atoms with Crippen LogP contribution in [0.2, 0.25) is 10.0 Å². The number of hydrazone groups is 1. The van der Waals surface area contributed by atoms with Gasteiger partial charge < -0.3 is 5.32 Å². The van der Waals surface area contributed by atoms with Gasteiger partial charge in [-0.3, -0.25) is 14.6 Å². The molecule has 0 aliphatic carbocycles. The SMILES string of the molecule is C/C(CC(=O)Nc1ccc(Cl)cc1Cl)=N\NC(=O)c1ccccn1. The molecule has 0 atom stereocenters. The summed E-state index contributed by atoms with van der Waals surface area (Å²) in [7, 11) is 0. The molecule has 0 aliphatic heterocycles. The van der Waals surface area contributed by atoms with Gasteiger partial charge >= 0.3 is 0 Å². The van der Waals surface area contributed by atoms with Crippen molar-refractivity contribution in [3.63, 3.8) is 0 Å². The van der Waals surface area contributed by atoms with Crippen LogP contribution >= 0.6 is 23.2 Å². The first-order valence-corrected chi connectivity index (χ1v) is 7.70. The van der Waals surface area contributed by atoms with E-state index in [0.29, 0.717) is 21.4 Å². The van der Waals surface area contributed by atoms with Crippen LogP contribution in [0.5, 0.6) is 0 Å². The standard InChI is InChI=1S/C16H14Cl2N4O2/c1-10(21-22-16(24)14-4-2-3-7-19-14)8-15(23)20-13-6-5-11(17)9-12(13)18/h2-7,9H,8H2,1H3,(H,20,23)(H,22,24)/b21-10+. The summed E-state index contributed by atoms with van der Waals surface area (Å²) in [6, 6.07) is 9.73. The van der Waals surface area contributed by atoms with Crippen LogP contribution in [0, 0.1) is 0 Å². The molecular formula is C16H14Cl2N4O2. The van der Waals surface area contributed by atoms with Gasteiger partial charge in [-0.25, -0.2) is 5.43 Å². The van der Waals surface area contributed by atoms with E-state index in [1.165, 1.54) is 12.3 Å². The summed E-state index contributed by atoms with van der Waals surface area (Å²) >= 11 is 11.8. The van der Waals surface area contributed by atoms with E-state index in [1.54, 1.807) is 37.3 Å². The van der Waals surface area contributed by atoms with Crippen LogP contribution in [-0.2, 0) is 4.79 Å². The second-order valence-electron chi connectivity index (χ2n) is 4.85. The number of carbonyl (C=O) groups is 2. The number of amides is 2. The largest absolute Gasteiger partial charge is 0.324 e. The number of pyridine rings is 1. The fraction of sp³-hybridized carbons (Fsp3) is 0.125. The van der Waals surface area contributed by atoms with Gasteiger partial charge in [-0.2, -0.15) is 5.10 Å². The molecule has 1 aromatic carbocycles. The van der Waals surface area contributed by atoms with Crippen LogP contribution < -0.4 is 10.7 Å². The van der Waals surface area contributed by atoms with Crippen LogP contribution in [0.1, 0.15) is 23.8 Å². The minimum atomic E-state index is -0.448. The van der Waals surface area contributed by atoms with Crippen LogP contribution in [0.25, 0.3) is 0 Å². The van der Waals surface area contributed by atoms with E-state index in [2.05, 4.69) is 20.8 Å². The van der Waals surface area contributed by atoms with Crippen molar-refractivity contribution in [1.29, 1.82) is 0 Å². The fourth-order valence-corrected chi connectivity index (χ4v) is 2.21. The number of benzene rings is 1.